The van der Waals surface area contributed by atoms with E-state index in [-0.39, 0.29) is 42.4 Å². The molecule has 7 nitrogen and oxygen atoms in total. The third-order valence-electron chi connectivity index (χ3n) is 9.23. The van der Waals surface area contributed by atoms with Crippen LogP contribution in [0.1, 0.15) is 54.9 Å². The highest BCUT2D eigenvalue weighted by molar-refractivity contribution is 9.10. The van der Waals surface area contributed by atoms with Crippen LogP contribution >= 0.6 is 15.9 Å². The minimum atomic E-state index is -0.330. The number of hydrogen-bond acceptors (Lipinski definition) is 5. The highest BCUT2D eigenvalue weighted by Crippen LogP contribution is 2.38. The Labute approximate surface area is 278 Å². The number of fused-ring (bicyclic) bond motifs is 2. The predicted octanol–water partition coefficient (Wildman–Crippen LogP) is 5.67. The van der Waals surface area contributed by atoms with Gasteiger partial charge < -0.3 is 25.0 Å². The Morgan fingerprint density at radius 1 is 1.04 bits per heavy atom. The maximum Gasteiger partial charge on any atom is 0.252 e. The normalized spacial score (nSPS) is 19.3. The number of ether oxygens (including phenoxy) is 1. The topological polar surface area (TPSA) is 82.1 Å². The lowest BCUT2D eigenvalue weighted by molar-refractivity contribution is -0.132. The van der Waals surface area contributed by atoms with Crippen LogP contribution in [0.2, 0.25) is 0 Å². The summed E-state index contributed by atoms with van der Waals surface area (Å²) in [5, 5.41) is 13.3. The monoisotopic (exact) mass is 689 g/mol. The Kier molecular flexibility index (Phi) is 10.2. The number of amides is 2. The fourth-order valence-corrected chi connectivity index (χ4v) is 7.07. The molecule has 0 radical (unpaired) electrons. The number of halogens is 2. The van der Waals surface area contributed by atoms with E-state index < -0.39 is 0 Å². The van der Waals surface area contributed by atoms with Crippen molar-refractivity contribution in [1.82, 2.24) is 15.1 Å². The van der Waals surface area contributed by atoms with E-state index in [0.29, 0.717) is 44.8 Å². The number of nitrogens with one attached hydrogen (secondary N) is 1. The van der Waals surface area contributed by atoms with E-state index in [9.17, 15) is 19.1 Å². The summed E-state index contributed by atoms with van der Waals surface area (Å²) >= 11 is 3.41. The number of aliphatic hydroxyl groups excluding tert-OH is 1. The van der Waals surface area contributed by atoms with Gasteiger partial charge in [-0.25, -0.2) is 4.39 Å². The van der Waals surface area contributed by atoms with Crippen molar-refractivity contribution in [2.24, 2.45) is 0 Å². The Morgan fingerprint density at radius 2 is 1.80 bits per heavy atom. The Hall–Kier alpha value is -3.53. The van der Waals surface area contributed by atoms with Crippen molar-refractivity contribution in [3.8, 4) is 5.75 Å². The quantitative estimate of drug-likeness (QED) is 0.240. The van der Waals surface area contributed by atoms with Crippen molar-refractivity contribution in [3.63, 3.8) is 0 Å². The number of hydrogen-bond donors (Lipinski definition) is 2. The molecule has 0 aromatic heterocycles. The summed E-state index contributed by atoms with van der Waals surface area (Å²) in [4.78, 5) is 31.0. The van der Waals surface area contributed by atoms with Crippen molar-refractivity contribution >= 4 is 33.3 Å². The molecule has 2 aliphatic heterocycles. The molecule has 1 saturated carbocycles. The lowest BCUT2D eigenvalue weighted by atomic mass is 9.82. The van der Waals surface area contributed by atoms with Gasteiger partial charge in [0.25, 0.3) is 5.91 Å². The number of aliphatic hydroxyl groups is 1. The van der Waals surface area contributed by atoms with Crippen molar-refractivity contribution < 1.29 is 23.8 Å². The van der Waals surface area contributed by atoms with Gasteiger partial charge in [-0.1, -0.05) is 48.5 Å². The van der Waals surface area contributed by atoms with E-state index in [0.717, 1.165) is 63.6 Å². The molecule has 3 aliphatic rings. The highest BCUT2D eigenvalue weighted by Gasteiger charge is 2.43. The van der Waals surface area contributed by atoms with Gasteiger partial charge >= 0.3 is 0 Å². The molecule has 2 amide bonds. The molecule has 2 heterocycles. The Bertz CT molecular complexity index is 1610. The zero-order chi connectivity index (χ0) is 32.2. The summed E-state index contributed by atoms with van der Waals surface area (Å²) in [6.07, 6.45) is 4.75. The molecule has 2 fully saturated rings. The van der Waals surface area contributed by atoms with Crippen LogP contribution in [0, 0.1) is 5.82 Å². The SMILES string of the molecule is CC(=O)N1CC2CC(c3ccc(CCCOc4cc(F)ccc4Br)cc3)=C(C(=O)N(Cc3ccccc3CCO)C3CC3)C(C1)N2. The molecule has 2 unspecified atom stereocenters. The van der Waals surface area contributed by atoms with Crippen molar-refractivity contribution in [1.29, 1.82) is 0 Å². The molecule has 242 valence electrons. The van der Waals surface area contributed by atoms with Gasteiger partial charge in [0, 0.05) is 56.9 Å². The number of benzene rings is 3. The molecule has 2 atom stereocenters. The summed E-state index contributed by atoms with van der Waals surface area (Å²) in [7, 11) is 0. The summed E-state index contributed by atoms with van der Waals surface area (Å²) in [6.45, 7) is 3.71. The van der Waals surface area contributed by atoms with Crippen LogP contribution in [0.4, 0.5) is 4.39 Å². The molecule has 1 saturated heterocycles. The van der Waals surface area contributed by atoms with Crippen LogP contribution in [0.5, 0.6) is 5.75 Å². The smallest absolute Gasteiger partial charge is 0.252 e. The number of carbonyl (C=O) groups is 2. The molecule has 3 aromatic carbocycles. The van der Waals surface area contributed by atoms with Gasteiger partial charge in [0.15, 0.2) is 0 Å². The van der Waals surface area contributed by atoms with Gasteiger partial charge in [-0.2, -0.15) is 0 Å². The minimum absolute atomic E-state index is 0.0295. The number of rotatable bonds is 12. The second-order valence-corrected chi connectivity index (χ2v) is 13.4. The molecular weight excluding hydrogens is 649 g/mol. The summed E-state index contributed by atoms with van der Waals surface area (Å²) < 4.78 is 20.1. The van der Waals surface area contributed by atoms with Crippen molar-refractivity contribution in [2.45, 2.75) is 70.1 Å². The number of nitrogens with zero attached hydrogens (tertiary/aromatic N) is 2. The summed E-state index contributed by atoms with van der Waals surface area (Å²) in [6, 6.07) is 20.9. The van der Waals surface area contributed by atoms with Crippen LogP contribution in [0.3, 0.4) is 0 Å². The van der Waals surface area contributed by atoms with Gasteiger partial charge in [-0.15, -0.1) is 0 Å². The maximum atomic E-state index is 14.7. The van der Waals surface area contributed by atoms with Gasteiger partial charge in [-0.3, -0.25) is 9.59 Å². The molecule has 3 aromatic rings. The van der Waals surface area contributed by atoms with E-state index in [4.69, 9.17) is 4.74 Å². The van der Waals surface area contributed by atoms with E-state index in [1.54, 1.807) is 13.0 Å². The number of aryl methyl sites for hydroxylation is 1. The number of carbonyl (C=O) groups excluding carboxylic acids is 2. The average Bonchev–Trinajstić information content (AvgIpc) is 3.89. The molecule has 9 heteroatoms. The molecule has 1 aliphatic carbocycles. The summed E-state index contributed by atoms with van der Waals surface area (Å²) in [5.41, 5.74) is 6.14. The maximum absolute atomic E-state index is 14.7. The second kappa shape index (κ2) is 14.5. The van der Waals surface area contributed by atoms with E-state index in [2.05, 4.69) is 51.6 Å². The molecule has 6 rings (SSSR count). The first-order chi connectivity index (χ1) is 22.3. The second-order valence-electron chi connectivity index (χ2n) is 12.6. The average molecular weight is 691 g/mol. The Morgan fingerprint density at radius 3 is 2.52 bits per heavy atom. The van der Waals surface area contributed by atoms with Crippen molar-refractivity contribution in [2.75, 3.05) is 26.3 Å². The van der Waals surface area contributed by atoms with Gasteiger partial charge in [-0.05, 0) is 94.4 Å². The fourth-order valence-electron chi connectivity index (χ4n) is 6.71. The zero-order valence-electron chi connectivity index (χ0n) is 26.2. The van der Waals surface area contributed by atoms with Gasteiger partial charge in [0.2, 0.25) is 5.91 Å². The van der Waals surface area contributed by atoms with Gasteiger partial charge in [0.1, 0.15) is 11.6 Å². The standard InChI is InChI=1S/C37H41BrFN3O4/c1-24(44)41-22-30-20-32(27-10-8-25(9-11-27)5-4-18-46-35-19-29(39)12-15-33(35)38)36(34(23-41)40-30)37(45)42(31-13-14-31)21-28-7-3-2-6-26(28)16-17-43/h2-3,6-12,15,19,30-31,34,40,43H,4-5,13-14,16-18,20-23H2,1H3. The fraction of sp³-hybridized carbons (Fsp3) is 0.405. The van der Waals surface area contributed by atoms with Crippen LogP contribution in [-0.2, 0) is 29.0 Å². The van der Waals surface area contributed by atoms with Gasteiger partial charge in [0.05, 0.1) is 17.1 Å². The minimum Gasteiger partial charge on any atom is -0.492 e. The third kappa shape index (κ3) is 7.54. The lowest BCUT2D eigenvalue weighted by Gasteiger charge is -2.44. The van der Waals surface area contributed by atoms with Crippen LogP contribution in [0.15, 0.2) is 76.8 Å². The lowest BCUT2D eigenvalue weighted by Crippen LogP contribution is -2.61. The highest BCUT2D eigenvalue weighted by atomic mass is 79.9. The molecular formula is C37H41BrFN3O4. The molecule has 46 heavy (non-hydrogen) atoms. The molecule has 0 spiro atoms. The zero-order valence-corrected chi connectivity index (χ0v) is 27.8. The van der Waals surface area contributed by atoms with Crippen LogP contribution in [-0.4, -0.2) is 71.1 Å². The largest absolute Gasteiger partial charge is 0.492 e. The Balaban J connectivity index is 1.24. The molecule has 2 N–H and O–H groups in total. The van der Waals surface area contributed by atoms with E-state index in [1.807, 2.05) is 28.0 Å². The first-order valence-electron chi connectivity index (χ1n) is 16.2. The third-order valence-corrected chi connectivity index (χ3v) is 9.89. The molecule has 2 bridgehead atoms. The van der Waals surface area contributed by atoms with E-state index in [1.165, 1.54) is 12.1 Å². The predicted molar refractivity (Wildman–Crippen MR) is 180 cm³/mol. The number of piperazine rings is 1. The van der Waals surface area contributed by atoms with Crippen molar-refractivity contribution in [3.05, 3.63) is 105 Å². The first kappa shape index (κ1) is 32.4. The first-order valence-corrected chi connectivity index (χ1v) is 17.0. The van der Waals surface area contributed by atoms with E-state index >= 15 is 0 Å². The summed E-state index contributed by atoms with van der Waals surface area (Å²) in [5.74, 6) is 0.226. The van der Waals surface area contributed by atoms with Crippen LogP contribution in [0.25, 0.3) is 5.57 Å². The van der Waals surface area contributed by atoms with Crippen LogP contribution < -0.4 is 10.1 Å².